The second kappa shape index (κ2) is 17.7. The molecule has 0 aliphatic rings. The molecule has 0 saturated carbocycles. The number of nitrogens with one attached hydrogen (secondary N) is 3. The van der Waals surface area contributed by atoms with Crippen molar-refractivity contribution in [3.05, 3.63) is 130 Å². The third kappa shape index (κ3) is 9.75. The maximum absolute atomic E-state index is 11.9. The lowest BCUT2D eigenvalue weighted by Crippen LogP contribution is -2.26. The molecule has 0 bridgehead atoms. The minimum atomic E-state index is -0.440. The van der Waals surface area contributed by atoms with Gasteiger partial charge in [-0.2, -0.15) is 0 Å². The van der Waals surface area contributed by atoms with Crippen molar-refractivity contribution >= 4 is 61.1 Å². The zero-order valence-electron chi connectivity index (χ0n) is 27.2. The fourth-order valence-electron chi connectivity index (χ4n) is 4.80. The van der Waals surface area contributed by atoms with E-state index in [2.05, 4.69) is 70.1 Å². The van der Waals surface area contributed by atoms with E-state index in [1.807, 2.05) is 66.7 Å². The number of alkyl carbamates (subject to hydrolysis) is 1. The molecule has 254 valence electrons. The van der Waals surface area contributed by atoms with Crippen molar-refractivity contribution in [2.75, 3.05) is 23.7 Å². The summed E-state index contributed by atoms with van der Waals surface area (Å²) in [6.07, 6.45) is 4.04. The molecule has 0 fully saturated rings. The monoisotopic (exact) mass is 704 g/mol. The van der Waals surface area contributed by atoms with Crippen molar-refractivity contribution in [1.82, 2.24) is 35.2 Å². The van der Waals surface area contributed by atoms with Gasteiger partial charge in [0.2, 0.25) is 0 Å². The molecular formula is C36H36N10O2S2. The van der Waals surface area contributed by atoms with Gasteiger partial charge in [0, 0.05) is 32.5 Å². The number of fused-ring (bicyclic) bond motifs is 2. The fraction of sp³-hybridized carbons (Fsp3) is 0.194. The topological polar surface area (TPSA) is 166 Å². The summed E-state index contributed by atoms with van der Waals surface area (Å²) in [6.45, 7) is 2.67. The van der Waals surface area contributed by atoms with Gasteiger partial charge in [-0.15, -0.1) is 0 Å². The average molecular weight is 705 g/mol. The Morgan fingerprint density at radius 1 is 0.640 bits per heavy atom. The molecule has 0 atom stereocenters. The molecular weight excluding hydrogens is 669 g/mol. The third-order valence-corrected chi connectivity index (χ3v) is 9.31. The Morgan fingerprint density at radius 3 is 1.62 bits per heavy atom. The molecule has 0 saturated heterocycles. The number of aromatic nitrogens is 6. The largest absolute Gasteiger partial charge is 0.445 e. The summed E-state index contributed by atoms with van der Waals surface area (Å²) >= 11 is 3.08. The van der Waals surface area contributed by atoms with Crippen LogP contribution in [-0.2, 0) is 37.3 Å². The zero-order chi connectivity index (χ0) is 34.4. The molecule has 14 heteroatoms. The number of hydrogen-bond donors (Lipinski definition) is 4. The predicted molar refractivity (Wildman–Crippen MR) is 199 cm³/mol. The Balaban J connectivity index is 0.000000187. The summed E-state index contributed by atoms with van der Waals surface area (Å²) in [5.41, 5.74) is 10.5. The Kier molecular flexibility index (Phi) is 12.2. The maximum atomic E-state index is 11.9. The van der Waals surface area contributed by atoms with Gasteiger partial charge in [0.05, 0.1) is 10.0 Å². The van der Waals surface area contributed by atoms with E-state index >= 15 is 0 Å². The number of amides is 1. The van der Waals surface area contributed by atoms with E-state index < -0.39 is 6.09 Å². The highest BCUT2D eigenvalue weighted by molar-refractivity contribution is 7.18. The number of nitrogens with zero attached hydrogens (tertiary/aromatic N) is 6. The fourth-order valence-corrected chi connectivity index (χ4v) is 6.62. The van der Waals surface area contributed by atoms with Crippen LogP contribution in [0.5, 0.6) is 0 Å². The van der Waals surface area contributed by atoms with Gasteiger partial charge in [0.1, 0.15) is 40.0 Å². The summed E-state index contributed by atoms with van der Waals surface area (Å²) in [6, 6.07) is 29.9. The van der Waals surface area contributed by atoms with Crippen molar-refractivity contribution in [2.24, 2.45) is 5.73 Å². The van der Waals surface area contributed by atoms with Gasteiger partial charge >= 0.3 is 6.09 Å². The summed E-state index contributed by atoms with van der Waals surface area (Å²) in [7, 11) is 0. The SMILES string of the molecule is NCCc1nc2c(NCc3ccccc3)ncnc2s1.O=C(NCCc1nc2c(NCc3ccccc3)ncnc2s1)OCc1ccccc1. The Bertz CT molecular complexity index is 2090. The van der Waals surface area contributed by atoms with Crippen molar-refractivity contribution in [1.29, 1.82) is 0 Å². The first-order valence-electron chi connectivity index (χ1n) is 16.1. The molecule has 0 aliphatic carbocycles. The number of benzene rings is 3. The van der Waals surface area contributed by atoms with E-state index in [4.69, 9.17) is 10.5 Å². The van der Waals surface area contributed by atoms with Crippen molar-refractivity contribution in [3.8, 4) is 0 Å². The molecule has 7 rings (SSSR count). The lowest BCUT2D eigenvalue weighted by atomic mass is 10.2. The van der Waals surface area contributed by atoms with E-state index in [1.54, 1.807) is 17.7 Å². The molecule has 5 N–H and O–H groups in total. The molecule has 0 unspecified atom stereocenters. The van der Waals surface area contributed by atoms with Gasteiger partial charge in [-0.1, -0.05) is 114 Å². The van der Waals surface area contributed by atoms with Gasteiger partial charge in [0.25, 0.3) is 0 Å². The Hall–Kier alpha value is -5.57. The summed E-state index contributed by atoms with van der Waals surface area (Å²) < 4.78 is 5.22. The van der Waals surface area contributed by atoms with E-state index in [9.17, 15) is 4.79 Å². The van der Waals surface area contributed by atoms with Crippen LogP contribution in [0.2, 0.25) is 0 Å². The van der Waals surface area contributed by atoms with Crippen molar-refractivity contribution in [2.45, 2.75) is 32.5 Å². The highest BCUT2D eigenvalue weighted by atomic mass is 32.1. The highest BCUT2D eigenvalue weighted by Crippen LogP contribution is 2.26. The number of hydrogen-bond acceptors (Lipinski definition) is 13. The summed E-state index contributed by atoms with van der Waals surface area (Å²) in [5.74, 6) is 1.49. The standard InChI is InChI=1S/C22H21N5O2S.C14H15N5S/c28-22(29-14-17-9-5-2-6-10-17)23-12-11-18-27-19-20(25-15-26-21(19)30-18)24-13-16-7-3-1-4-8-16;15-7-6-11-19-12-13(17-9-18-14(12)20-11)16-8-10-4-2-1-3-5-10/h1-10,15H,11-14H2,(H,23,28)(H,24,25,26);1-5,9H,6-8,15H2,(H,16,17,18). The maximum Gasteiger partial charge on any atom is 0.407 e. The molecule has 4 aromatic heterocycles. The number of thiazole rings is 2. The second-order valence-corrected chi connectivity index (χ2v) is 13.0. The van der Waals surface area contributed by atoms with Crippen LogP contribution in [0.1, 0.15) is 26.7 Å². The minimum Gasteiger partial charge on any atom is -0.445 e. The minimum absolute atomic E-state index is 0.250. The first-order valence-corrected chi connectivity index (χ1v) is 17.7. The molecule has 1 amide bonds. The van der Waals surface area contributed by atoms with Crippen LogP contribution in [0.25, 0.3) is 20.7 Å². The summed E-state index contributed by atoms with van der Waals surface area (Å²) in [5, 5.41) is 11.3. The lowest BCUT2D eigenvalue weighted by molar-refractivity contribution is 0.140. The van der Waals surface area contributed by atoms with Crippen LogP contribution in [-0.4, -0.2) is 49.1 Å². The number of rotatable bonds is 13. The number of carbonyl (C=O) groups is 1. The van der Waals surface area contributed by atoms with Crippen LogP contribution in [0.15, 0.2) is 104 Å². The number of carbonyl (C=O) groups excluding carboxylic acids is 1. The molecule has 4 heterocycles. The molecule has 0 radical (unpaired) electrons. The van der Waals surface area contributed by atoms with Gasteiger partial charge in [-0.25, -0.2) is 34.7 Å². The van der Waals surface area contributed by atoms with Crippen LogP contribution < -0.4 is 21.7 Å². The number of anilines is 2. The van der Waals surface area contributed by atoms with Crippen LogP contribution >= 0.6 is 22.7 Å². The second-order valence-electron chi connectivity index (χ2n) is 10.9. The smallest absolute Gasteiger partial charge is 0.407 e. The van der Waals surface area contributed by atoms with Crippen LogP contribution in [0, 0.1) is 0 Å². The zero-order valence-corrected chi connectivity index (χ0v) is 28.8. The predicted octanol–water partition coefficient (Wildman–Crippen LogP) is 6.37. The molecule has 0 aliphatic heterocycles. The first-order chi connectivity index (χ1) is 24.6. The number of ether oxygens (including phenoxy) is 1. The number of nitrogens with two attached hydrogens (primary N) is 1. The molecule has 3 aromatic carbocycles. The van der Waals surface area contributed by atoms with Gasteiger partial charge in [0.15, 0.2) is 11.6 Å². The highest BCUT2D eigenvalue weighted by Gasteiger charge is 2.12. The first kappa shape index (κ1) is 34.3. The molecule has 7 aromatic rings. The van der Waals surface area contributed by atoms with Crippen molar-refractivity contribution in [3.63, 3.8) is 0 Å². The molecule has 0 spiro atoms. The van der Waals surface area contributed by atoms with Gasteiger partial charge < -0.3 is 26.4 Å². The van der Waals surface area contributed by atoms with Crippen LogP contribution in [0.3, 0.4) is 0 Å². The van der Waals surface area contributed by atoms with Gasteiger partial charge in [-0.05, 0) is 23.2 Å². The molecule has 12 nitrogen and oxygen atoms in total. The lowest BCUT2D eigenvalue weighted by Gasteiger charge is -2.06. The average Bonchev–Trinajstić information content (AvgIpc) is 3.78. The Morgan fingerprint density at radius 2 is 1.12 bits per heavy atom. The van der Waals surface area contributed by atoms with Crippen molar-refractivity contribution < 1.29 is 9.53 Å². The van der Waals surface area contributed by atoms with E-state index in [1.165, 1.54) is 23.2 Å². The quantitative estimate of drug-likeness (QED) is 0.105. The van der Waals surface area contributed by atoms with Gasteiger partial charge in [-0.3, -0.25) is 0 Å². The van der Waals surface area contributed by atoms with Crippen LogP contribution in [0.4, 0.5) is 16.4 Å². The van der Waals surface area contributed by atoms with E-state index in [0.717, 1.165) is 60.6 Å². The van der Waals surface area contributed by atoms with E-state index in [0.29, 0.717) is 31.9 Å². The normalized spacial score (nSPS) is 10.7. The third-order valence-electron chi connectivity index (χ3n) is 7.26. The summed E-state index contributed by atoms with van der Waals surface area (Å²) in [4.78, 5) is 40.0. The molecule has 50 heavy (non-hydrogen) atoms. The van der Waals surface area contributed by atoms with E-state index in [-0.39, 0.29) is 6.61 Å². The Labute approximate surface area is 297 Å².